The highest BCUT2D eigenvalue weighted by molar-refractivity contribution is 5.80. The third-order valence-corrected chi connectivity index (χ3v) is 5.57. The number of carbonyl (C=O) groups is 2. The van der Waals surface area contributed by atoms with Gasteiger partial charge in [-0.15, -0.1) is 0 Å². The number of nitrogens with zero attached hydrogens (tertiary/aromatic N) is 3. The number of piperidine rings is 2. The van der Waals surface area contributed by atoms with Crippen LogP contribution in [0, 0.1) is 5.92 Å². The van der Waals surface area contributed by atoms with Crippen molar-refractivity contribution in [1.82, 2.24) is 20.0 Å². The van der Waals surface area contributed by atoms with Crippen molar-refractivity contribution in [3.8, 4) is 0 Å². The van der Waals surface area contributed by atoms with Crippen molar-refractivity contribution in [3.63, 3.8) is 0 Å². The van der Waals surface area contributed by atoms with Crippen molar-refractivity contribution < 1.29 is 9.59 Å². The summed E-state index contributed by atoms with van der Waals surface area (Å²) in [5, 5.41) is 2.87. The van der Waals surface area contributed by atoms with E-state index in [1.807, 2.05) is 9.80 Å². The Kier molecular flexibility index (Phi) is 5.09. The van der Waals surface area contributed by atoms with Crippen LogP contribution in [-0.4, -0.2) is 78.0 Å². The highest BCUT2D eigenvalue weighted by atomic mass is 16.2. The predicted octanol–water partition coefficient (Wildman–Crippen LogP) is 1.12. The fourth-order valence-electron chi connectivity index (χ4n) is 4.18. The molecule has 0 spiro atoms. The van der Waals surface area contributed by atoms with Crippen molar-refractivity contribution >= 4 is 11.9 Å². The van der Waals surface area contributed by atoms with Gasteiger partial charge in [-0.05, 0) is 46.1 Å². The molecule has 3 aliphatic heterocycles. The molecular formula is C17H30N4O2. The van der Waals surface area contributed by atoms with Gasteiger partial charge in [0.15, 0.2) is 0 Å². The molecule has 0 saturated carbocycles. The fourth-order valence-corrected chi connectivity index (χ4v) is 4.18. The molecule has 23 heavy (non-hydrogen) atoms. The Morgan fingerprint density at radius 3 is 2.61 bits per heavy atom. The minimum Gasteiger partial charge on any atom is -0.340 e. The molecule has 0 aromatic carbocycles. The molecule has 2 atom stereocenters. The predicted molar refractivity (Wildman–Crippen MR) is 89.1 cm³/mol. The molecule has 3 fully saturated rings. The second-order valence-corrected chi connectivity index (χ2v) is 7.43. The third-order valence-electron chi connectivity index (χ3n) is 5.57. The van der Waals surface area contributed by atoms with Gasteiger partial charge in [0.1, 0.15) is 0 Å². The van der Waals surface area contributed by atoms with Crippen LogP contribution in [0.3, 0.4) is 0 Å². The molecular weight excluding hydrogens is 292 g/mol. The summed E-state index contributed by atoms with van der Waals surface area (Å²) in [6, 6.07) is 0.737. The van der Waals surface area contributed by atoms with Crippen molar-refractivity contribution in [2.24, 2.45) is 5.92 Å². The summed E-state index contributed by atoms with van der Waals surface area (Å²) in [7, 11) is 0. The van der Waals surface area contributed by atoms with Gasteiger partial charge in [0, 0.05) is 38.8 Å². The van der Waals surface area contributed by atoms with E-state index in [9.17, 15) is 9.59 Å². The maximum atomic E-state index is 12.9. The summed E-state index contributed by atoms with van der Waals surface area (Å²) >= 11 is 0. The van der Waals surface area contributed by atoms with E-state index in [2.05, 4.69) is 24.1 Å². The van der Waals surface area contributed by atoms with Crippen LogP contribution in [0.4, 0.5) is 4.79 Å². The maximum absolute atomic E-state index is 12.9. The molecule has 2 unspecified atom stereocenters. The number of carbonyl (C=O) groups excluding carboxylic acids is 2. The highest BCUT2D eigenvalue weighted by Crippen LogP contribution is 2.24. The van der Waals surface area contributed by atoms with Crippen molar-refractivity contribution in [2.75, 3.05) is 39.3 Å². The number of nitrogens with one attached hydrogen (secondary N) is 1. The van der Waals surface area contributed by atoms with E-state index < -0.39 is 0 Å². The number of hydrogen-bond donors (Lipinski definition) is 1. The molecule has 3 amide bonds. The molecule has 3 aliphatic rings. The second-order valence-electron chi connectivity index (χ2n) is 7.43. The summed E-state index contributed by atoms with van der Waals surface area (Å²) in [5.41, 5.74) is 0. The number of urea groups is 1. The van der Waals surface area contributed by atoms with Crippen molar-refractivity contribution in [3.05, 3.63) is 0 Å². The molecule has 3 heterocycles. The van der Waals surface area contributed by atoms with Crippen LogP contribution in [0.5, 0.6) is 0 Å². The summed E-state index contributed by atoms with van der Waals surface area (Å²) in [6.45, 7) is 9.48. The first-order chi connectivity index (χ1) is 11.1. The molecule has 3 rings (SSSR count). The first-order valence-electron chi connectivity index (χ1n) is 9.13. The van der Waals surface area contributed by atoms with Gasteiger partial charge in [-0.1, -0.05) is 0 Å². The lowest BCUT2D eigenvalue weighted by Gasteiger charge is -2.41. The maximum Gasteiger partial charge on any atom is 0.317 e. The van der Waals surface area contributed by atoms with Crippen LogP contribution in [0.2, 0.25) is 0 Å². The molecule has 3 saturated heterocycles. The molecule has 1 N–H and O–H groups in total. The lowest BCUT2D eigenvalue weighted by Crippen LogP contribution is -2.53. The standard InChI is InChI=1S/C17H30N4O2/c1-13(2)19-8-3-5-14(11-19)16(22)20-9-4-6-15(12-20)21-10-7-18-17(21)23/h13-15H,3-12H2,1-2H3,(H,18,23). The topological polar surface area (TPSA) is 55.9 Å². The Hall–Kier alpha value is -1.30. The third kappa shape index (κ3) is 3.62. The van der Waals surface area contributed by atoms with Gasteiger partial charge >= 0.3 is 6.03 Å². The van der Waals surface area contributed by atoms with Crippen LogP contribution >= 0.6 is 0 Å². The van der Waals surface area contributed by atoms with E-state index in [-0.39, 0.29) is 18.0 Å². The molecule has 6 nitrogen and oxygen atoms in total. The Bertz CT molecular complexity index is 454. The van der Waals surface area contributed by atoms with Gasteiger partial charge in [-0.2, -0.15) is 0 Å². The zero-order valence-corrected chi connectivity index (χ0v) is 14.5. The van der Waals surface area contributed by atoms with E-state index in [1.165, 1.54) is 0 Å². The molecule has 0 aromatic rings. The van der Waals surface area contributed by atoms with Crippen LogP contribution in [-0.2, 0) is 4.79 Å². The molecule has 130 valence electrons. The van der Waals surface area contributed by atoms with Gasteiger partial charge in [-0.3, -0.25) is 4.79 Å². The number of rotatable bonds is 3. The number of hydrogen-bond acceptors (Lipinski definition) is 3. The van der Waals surface area contributed by atoms with Crippen molar-refractivity contribution in [1.29, 1.82) is 0 Å². The molecule has 0 aromatic heterocycles. The zero-order chi connectivity index (χ0) is 16.4. The largest absolute Gasteiger partial charge is 0.340 e. The van der Waals surface area contributed by atoms with E-state index in [1.54, 1.807) is 0 Å². The van der Waals surface area contributed by atoms with Crippen LogP contribution in [0.1, 0.15) is 39.5 Å². The normalized spacial score (nSPS) is 30.0. The smallest absolute Gasteiger partial charge is 0.317 e. The fraction of sp³-hybridized carbons (Fsp3) is 0.882. The molecule has 0 aliphatic carbocycles. The summed E-state index contributed by atoms with van der Waals surface area (Å²) < 4.78 is 0. The Balaban J connectivity index is 1.59. The van der Waals surface area contributed by atoms with Gasteiger partial charge < -0.3 is 20.0 Å². The summed E-state index contributed by atoms with van der Waals surface area (Å²) in [5.74, 6) is 0.442. The Morgan fingerprint density at radius 1 is 1.13 bits per heavy atom. The van der Waals surface area contributed by atoms with Gasteiger partial charge in [0.25, 0.3) is 0 Å². The first kappa shape index (κ1) is 16.6. The molecule has 6 heteroatoms. The van der Waals surface area contributed by atoms with Gasteiger partial charge in [0.05, 0.1) is 12.0 Å². The highest BCUT2D eigenvalue weighted by Gasteiger charge is 2.36. The van der Waals surface area contributed by atoms with E-state index in [4.69, 9.17) is 0 Å². The number of likely N-dealkylation sites (tertiary alicyclic amines) is 2. The van der Waals surface area contributed by atoms with Gasteiger partial charge in [0.2, 0.25) is 5.91 Å². The average molecular weight is 322 g/mol. The quantitative estimate of drug-likeness (QED) is 0.847. The average Bonchev–Trinajstić information content (AvgIpc) is 3.00. The number of amides is 3. The molecule has 0 bridgehead atoms. The second kappa shape index (κ2) is 7.07. The van der Waals surface area contributed by atoms with E-state index >= 15 is 0 Å². The van der Waals surface area contributed by atoms with Crippen LogP contribution < -0.4 is 5.32 Å². The minimum absolute atomic E-state index is 0.0351. The van der Waals surface area contributed by atoms with Gasteiger partial charge in [-0.25, -0.2) is 4.79 Å². The molecule has 0 radical (unpaired) electrons. The van der Waals surface area contributed by atoms with Crippen molar-refractivity contribution in [2.45, 2.75) is 51.6 Å². The lowest BCUT2D eigenvalue weighted by atomic mass is 9.94. The SMILES string of the molecule is CC(C)N1CCCC(C(=O)N2CCCC(N3CCNC3=O)C2)C1. The first-order valence-corrected chi connectivity index (χ1v) is 9.13. The Morgan fingerprint density at radius 2 is 1.91 bits per heavy atom. The van der Waals surface area contributed by atoms with E-state index in [0.717, 1.165) is 58.4 Å². The summed E-state index contributed by atoms with van der Waals surface area (Å²) in [6.07, 6.45) is 4.13. The zero-order valence-electron chi connectivity index (χ0n) is 14.5. The summed E-state index contributed by atoms with van der Waals surface area (Å²) in [4.78, 5) is 31.2. The Labute approximate surface area is 139 Å². The van der Waals surface area contributed by atoms with Crippen LogP contribution in [0.25, 0.3) is 0 Å². The lowest BCUT2D eigenvalue weighted by molar-refractivity contribution is -0.139. The van der Waals surface area contributed by atoms with E-state index in [0.29, 0.717) is 18.5 Å². The minimum atomic E-state index is 0.0351. The van der Waals surface area contributed by atoms with Crippen LogP contribution in [0.15, 0.2) is 0 Å². The monoisotopic (exact) mass is 322 g/mol.